The lowest BCUT2D eigenvalue weighted by Gasteiger charge is -2.43. The van der Waals surface area contributed by atoms with Gasteiger partial charge >= 0.3 is 0 Å². The summed E-state index contributed by atoms with van der Waals surface area (Å²) in [6.07, 6.45) is 0.213. The molecule has 2 atom stereocenters. The number of benzene rings is 2. The van der Waals surface area contributed by atoms with Gasteiger partial charge in [0, 0.05) is 11.1 Å². The third kappa shape index (κ3) is 5.12. The van der Waals surface area contributed by atoms with Crippen LogP contribution in [0, 0.1) is 23.0 Å². The Morgan fingerprint density at radius 2 is 1.81 bits per heavy atom. The van der Waals surface area contributed by atoms with Gasteiger partial charge in [-0.15, -0.1) is 0 Å². The molecule has 170 valence electrons. The molecule has 3 N–H and O–H groups in total. The Kier molecular flexibility index (Phi) is 6.62. The van der Waals surface area contributed by atoms with Gasteiger partial charge in [0.15, 0.2) is 5.96 Å². The van der Waals surface area contributed by atoms with E-state index in [1.165, 1.54) is 29.2 Å². The van der Waals surface area contributed by atoms with E-state index >= 15 is 0 Å². The number of carbonyl (C=O) groups excluding carboxylic acids is 2. The Labute approximate surface area is 186 Å². The van der Waals surface area contributed by atoms with E-state index in [4.69, 9.17) is 5.41 Å². The van der Waals surface area contributed by atoms with Gasteiger partial charge in [0.1, 0.15) is 11.6 Å². The molecule has 0 aromatic heterocycles. The average Bonchev–Trinajstić information content (AvgIpc) is 2.70. The van der Waals surface area contributed by atoms with E-state index in [0.717, 1.165) is 6.07 Å². The lowest BCUT2D eigenvalue weighted by atomic mass is 9.83. The largest absolute Gasteiger partial charge is 0.350 e. The maximum absolute atomic E-state index is 14.3. The van der Waals surface area contributed by atoms with Gasteiger partial charge in [0.2, 0.25) is 5.91 Å². The Morgan fingerprint density at radius 1 is 1.16 bits per heavy atom. The number of nitrogens with zero attached hydrogens (tertiary/aromatic N) is 1. The van der Waals surface area contributed by atoms with Crippen LogP contribution in [-0.2, 0) is 11.3 Å². The second kappa shape index (κ2) is 9.06. The van der Waals surface area contributed by atoms with E-state index in [9.17, 15) is 18.4 Å². The van der Waals surface area contributed by atoms with E-state index in [1.54, 1.807) is 19.1 Å². The highest BCUT2D eigenvalue weighted by Gasteiger charge is 2.40. The van der Waals surface area contributed by atoms with Gasteiger partial charge in [0.25, 0.3) is 5.91 Å². The zero-order valence-electron chi connectivity index (χ0n) is 18.6. The Hall–Kier alpha value is -3.29. The van der Waals surface area contributed by atoms with Crippen molar-refractivity contribution in [3.05, 3.63) is 70.8 Å². The number of rotatable bonds is 6. The smallest absolute Gasteiger partial charge is 0.251 e. The molecule has 2 aromatic rings. The predicted molar refractivity (Wildman–Crippen MR) is 118 cm³/mol. The van der Waals surface area contributed by atoms with E-state index in [-0.39, 0.29) is 42.1 Å². The van der Waals surface area contributed by atoms with Crippen LogP contribution in [0.25, 0.3) is 0 Å². The number of amides is 2. The summed E-state index contributed by atoms with van der Waals surface area (Å²) in [6, 6.07) is 9.22. The molecule has 8 heteroatoms. The molecular weight excluding hydrogens is 414 g/mol. The molecule has 1 aliphatic rings. The number of nitrogens with one attached hydrogen (secondary N) is 3. The fourth-order valence-electron chi connectivity index (χ4n) is 3.60. The first kappa shape index (κ1) is 23.4. The summed E-state index contributed by atoms with van der Waals surface area (Å²) in [6.45, 7) is 7.58. The zero-order valence-corrected chi connectivity index (χ0v) is 18.6. The van der Waals surface area contributed by atoms with Crippen molar-refractivity contribution in [2.24, 2.45) is 5.92 Å². The standard InChI is InChI=1S/C24H28F2N4O2/c1-14(2)24(4)12-21(31)30(23(27)29-24)13-16-9-18(11-20(26)10-16)22(32)28-15(3)17-5-7-19(25)8-6-17/h5-11,14-15H,12-13H2,1-4H3,(H2,27,29)(H,28,32)/t15-,24-/m0/s1. The van der Waals surface area contributed by atoms with Crippen molar-refractivity contribution in [3.63, 3.8) is 0 Å². The number of halogens is 2. The highest BCUT2D eigenvalue weighted by molar-refractivity contribution is 5.99. The first-order valence-electron chi connectivity index (χ1n) is 10.5. The van der Waals surface area contributed by atoms with Crippen molar-refractivity contribution < 1.29 is 18.4 Å². The van der Waals surface area contributed by atoms with Crippen LogP contribution < -0.4 is 10.6 Å². The van der Waals surface area contributed by atoms with Gasteiger partial charge in [0.05, 0.1) is 19.0 Å². The van der Waals surface area contributed by atoms with Crippen LogP contribution >= 0.6 is 0 Å². The minimum Gasteiger partial charge on any atom is -0.350 e. The van der Waals surface area contributed by atoms with Crippen molar-refractivity contribution in [2.75, 3.05) is 0 Å². The van der Waals surface area contributed by atoms with Crippen LogP contribution in [-0.4, -0.2) is 28.2 Å². The maximum atomic E-state index is 14.3. The molecule has 1 saturated heterocycles. The summed E-state index contributed by atoms with van der Waals surface area (Å²) in [4.78, 5) is 26.7. The normalized spacial score (nSPS) is 19.7. The van der Waals surface area contributed by atoms with E-state index in [2.05, 4.69) is 10.6 Å². The lowest BCUT2D eigenvalue weighted by Crippen LogP contribution is -2.62. The monoisotopic (exact) mass is 442 g/mol. The predicted octanol–water partition coefficient (Wildman–Crippen LogP) is 4.13. The van der Waals surface area contributed by atoms with Crippen molar-refractivity contribution in [1.29, 1.82) is 5.41 Å². The Morgan fingerprint density at radius 3 is 2.41 bits per heavy atom. The summed E-state index contributed by atoms with van der Waals surface area (Å²) >= 11 is 0. The second-order valence-electron chi connectivity index (χ2n) is 8.80. The van der Waals surface area contributed by atoms with Crippen LogP contribution in [0.15, 0.2) is 42.5 Å². The molecule has 32 heavy (non-hydrogen) atoms. The molecule has 0 unspecified atom stereocenters. The molecule has 1 aliphatic heterocycles. The minimum absolute atomic E-state index is 0.0234. The Balaban J connectivity index is 1.74. The fraction of sp³-hybridized carbons (Fsp3) is 0.375. The van der Waals surface area contributed by atoms with Crippen LogP contribution in [0.1, 0.15) is 61.6 Å². The maximum Gasteiger partial charge on any atom is 0.251 e. The molecule has 3 rings (SSSR count). The van der Waals surface area contributed by atoms with Gasteiger partial charge in [-0.2, -0.15) is 0 Å². The first-order chi connectivity index (χ1) is 15.0. The van der Waals surface area contributed by atoms with Crippen LogP contribution in [0.4, 0.5) is 8.78 Å². The molecule has 0 aliphatic carbocycles. The van der Waals surface area contributed by atoms with Gasteiger partial charge in [-0.25, -0.2) is 8.78 Å². The molecular formula is C24H28F2N4O2. The molecule has 6 nitrogen and oxygen atoms in total. The van der Waals surface area contributed by atoms with Gasteiger partial charge in [-0.05, 0) is 61.2 Å². The summed E-state index contributed by atoms with van der Waals surface area (Å²) in [5, 5.41) is 14.1. The van der Waals surface area contributed by atoms with Crippen molar-refractivity contribution in [1.82, 2.24) is 15.5 Å². The topological polar surface area (TPSA) is 85.3 Å². The van der Waals surface area contributed by atoms with E-state index < -0.39 is 23.3 Å². The van der Waals surface area contributed by atoms with E-state index in [1.807, 2.05) is 20.8 Å². The van der Waals surface area contributed by atoms with Gasteiger partial charge < -0.3 is 10.6 Å². The summed E-state index contributed by atoms with van der Waals surface area (Å²) in [7, 11) is 0. The number of guanidine groups is 1. The second-order valence-corrected chi connectivity index (χ2v) is 8.80. The number of hydrogen-bond acceptors (Lipinski definition) is 3. The molecule has 1 heterocycles. The average molecular weight is 443 g/mol. The van der Waals surface area contributed by atoms with Crippen molar-refractivity contribution >= 4 is 17.8 Å². The molecule has 2 aromatic carbocycles. The van der Waals surface area contributed by atoms with E-state index in [0.29, 0.717) is 11.1 Å². The SMILES string of the molecule is CC(C)[C@]1(C)CC(=O)N(Cc2cc(F)cc(C(=O)N[C@@H](C)c3ccc(F)cc3)c2)C(=N)N1. The molecule has 1 fully saturated rings. The van der Waals surface area contributed by atoms with Crippen molar-refractivity contribution in [3.8, 4) is 0 Å². The lowest BCUT2D eigenvalue weighted by molar-refractivity contribution is -0.131. The molecule has 0 radical (unpaired) electrons. The summed E-state index contributed by atoms with van der Waals surface area (Å²) in [5.41, 5.74) is 0.694. The number of hydrogen-bond donors (Lipinski definition) is 3. The highest BCUT2D eigenvalue weighted by atomic mass is 19.1. The molecule has 0 saturated carbocycles. The summed E-state index contributed by atoms with van der Waals surface area (Å²) in [5.74, 6) is -1.61. The number of carbonyl (C=O) groups is 2. The fourth-order valence-corrected chi connectivity index (χ4v) is 3.60. The first-order valence-corrected chi connectivity index (χ1v) is 10.5. The highest BCUT2D eigenvalue weighted by Crippen LogP contribution is 2.27. The quantitative estimate of drug-likeness (QED) is 0.629. The van der Waals surface area contributed by atoms with Gasteiger partial charge in [-0.1, -0.05) is 26.0 Å². The minimum atomic E-state index is -0.613. The summed E-state index contributed by atoms with van der Waals surface area (Å²) < 4.78 is 27.4. The molecule has 2 amide bonds. The van der Waals surface area contributed by atoms with Crippen LogP contribution in [0.5, 0.6) is 0 Å². The third-order valence-electron chi connectivity index (χ3n) is 6.05. The van der Waals surface area contributed by atoms with Crippen LogP contribution in [0.3, 0.4) is 0 Å². The van der Waals surface area contributed by atoms with Gasteiger partial charge in [-0.3, -0.25) is 19.9 Å². The van der Waals surface area contributed by atoms with Crippen molar-refractivity contribution in [2.45, 2.75) is 52.2 Å². The Bertz CT molecular complexity index is 1020. The molecule has 0 spiro atoms. The zero-order chi connectivity index (χ0) is 23.6. The molecule has 0 bridgehead atoms. The van der Waals surface area contributed by atoms with Crippen LogP contribution in [0.2, 0.25) is 0 Å². The third-order valence-corrected chi connectivity index (χ3v) is 6.05.